The van der Waals surface area contributed by atoms with Crippen molar-refractivity contribution in [2.45, 2.75) is 52.8 Å². The standard InChI is InChI=1S/C27H29F3N4O2/c1-4-36-26(35)19-7-5-18(6-8-19)22-13-23-24(9-15(22)2)33-16(3)34-25(23)32-14-17-10-20(27(28,29)30)12-21(31)11-17/h5,9-13,19H,4,6-8,14,31H2,1-3H3,(H,32,33,34). The van der Waals surface area contributed by atoms with Crippen molar-refractivity contribution in [3.63, 3.8) is 0 Å². The molecule has 0 saturated carbocycles. The van der Waals surface area contributed by atoms with Gasteiger partial charge in [0.25, 0.3) is 0 Å². The number of nitrogens with two attached hydrogens (primary N) is 1. The van der Waals surface area contributed by atoms with Gasteiger partial charge in [0.15, 0.2) is 0 Å². The molecular weight excluding hydrogens is 469 g/mol. The van der Waals surface area contributed by atoms with Gasteiger partial charge in [0.2, 0.25) is 0 Å². The van der Waals surface area contributed by atoms with Crippen LogP contribution in [0.25, 0.3) is 16.5 Å². The summed E-state index contributed by atoms with van der Waals surface area (Å²) in [6, 6.07) is 7.53. The van der Waals surface area contributed by atoms with Crippen molar-refractivity contribution in [1.29, 1.82) is 0 Å². The first-order chi connectivity index (χ1) is 17.0. The quantitative estimate of drug-likeness (QED) is 0.310. The highest BCUT2D eigenvalue weighted by atomic mass is 19.4. The van der Waals surface area contributed by atoms with Gasteiger partial charge in [0.1, 0.15) is 11.6 Å². The number of nitrogens with one attached hydrogen (secondary N) is 1. The zero-order valence-corrected chi connectivity index (χ0v) is 20.5. The Labute approximate surface area is 207 Å². The van der Waals surface area contributed by atoms with E-state index in [0.29, 0.717) is 36.7 Å². The first kappa shape index (κ1) is 25.5. The Kier molecular flexibility index (Phi) is 7.19. The number of benzene rings is 2. The second-order valence-electron chi connectivity index (χ2n) is 9.07. The fourth-order valence-corrected chi connectivity index (χ4v) is 4.60. The average molecular weight is 499 g/mol. The minimum absolute atomic E-state index is 0.0496. The van der Waals surface area contributed by atoms with Crippen LogP contribution in [-0.4, -0.2) is 22.5 Å². The molecule has 1 unspecified atom stereocenters. The fraction of sp³-hybridized carbons (Fsp3) is 0.370. The summed E-state index contributed by atoms with van der Waals surface area (Å²) in [5.74, 6) is 0.802. The molecule has 0 saturated heterocycles. The lowest BCUT2D eigenvalue weighted by atomic mass is 9.85. The van der Waals surface area contributed by atoms with Gasteiger partial charge in [-0.1, -0.05) is 6.08 Å². The lowest BCUT2D eigenvalue weighted by molar-refractivity contribution is -0.148. The second-order valence-corrected chi connectivity index (χ2v) is 9.07. The van der Waals surface area contributed by atoms with Gasteiger partial charge in [0.05, 0.1) is 23.6 Å². The van der Waals surface area contributed by atoms with Gasteiger partial charge >= 0.3 is 12.1 Å². The average Bonchev–Trinajstić information content (AvgIpc) is 2.81. The van der Waals surface area contributed by atoms with E-state index >= 15 is 0 Å². The van der Waals surface area contributed by atoms with Crippen LogP contribution in [0.1, 0.15) is 54.3 Å². The van der Waals surface area contributed by atoms with Gasteiger partial charge < -0.3 is 15.8 Å². The van der Waals surface area contributed by atoms with Gasteiger partial charge in [-0.2, -0.15) is 13.2 Å². The van der Waals surface area contributed by atoms with E-state index in [9.17, 15) is 18.0 Å². The predicted octanol–water partition coefficient (Wildman–Crippen LogP) is 6.21. The SMILES string of the molecule is CCOC(=O)C1CC=C(c2cc3c(NCc4cc(N)cc(C(F)(F)F)c4)nc(C)nc3cc2C)CC1. The number of halogens is 3. The third-order valence-electron chi connectivity index (χ3n) is 6.33. The highest BCUT2D eigenvalue weighted by molar-refractivity contribution is 5.93. The van der Waals surface area contributed by atoms with E-state index < -0.39 is 11.7 Å². The molecule has 36 heavy (non-hydrogen) atoms. The molecular formula is C27H29F3N4O2. The van der Waals surface area contributed by atoms with Crippen molar-refractivity contribution in [2.24, 2.45) is 5.92 Å². The lowest BCUT2D eigenvalue weighted by Gasteiger charge is -2.22. The molecule has 0 aliphatic heterocycles. The Morgan fingerprint density at radius 3 is 2.61 bits per heavy atom. The number of carbonyl (C=O) groups excluding carboxylic acids is 1. The molecule has 9 heteroatoms. The first-order valence-electron chi connectivity index (χ1n) is 11.9. The molecule has 1 aliphatic rings. The maximum Gasteiger partial charge on any atom is 0.416 e. The normalized spacial score (nSPS) is 16.1. The van der Waals surface area contributed by atoms with Gasteiger partial charge in [-0.3, -0.25) is 4.79 Å². The highest BCUT2D eigenvalue weighted by Crippen LogP contribution is 2.36. The van der Waals surface area contributed by atoms with Crippen molar-refractivity contribution in [3.8, 4) is 0 Å². The van der Waals surface area contributed by atoms with E-state index in [-0.39, 0.29) is 24.1 Å². The minimum atomic E-state index is -4.48. The Balaban J connectivity index is 1.64. The molecule has 2 aromatic carbocycles. The number of anilines is 2. The van der Waals surface area contributed by atoms with Gasteiger partial charge in [-0.05, 0) is 92.6 Å². The number of fused-ring (bicyclic) bond motifs is 1. The van der Waals surface area contributed by atoms with Crippen LogP contribution >= 0.6 is 0 Å². The molecule has 3 N–H and O–H groups in total. The van der Waals surface area contributed by atoms with Crippen LogP contribution in [0.2, 0.25) is 0 Å². The molecule has 0 spiro atoms. The Morgan fingerprint density at radius 1 is 1.17 bits per heavy atom. The number of ether oxygens (including phenoxy) is 1. The van der Waals surface area contributed by atoms with Crippen LogP contribution in [0.5, 0.6) is 0 Å². The highest BCUT2D eigenvalue weighted by Gasteiger charge is 2.31. The van der Waals surface area contributed by atoms with Crippen LogP contribution < -0.4 is 11.1 Å². The Hall–Kier alpha value is -3.62. The molecule has 6 nitrogen and oxygen atoms in total. The molecule has 4 rings (SSSR count). The van der Waals surface area contributed by atoms with Crippen LogP contribution in [0.15, 0.2) is 36.4 Å². The summed E-state index contributed by atoms with van der Waals surface area (Å²) in [6.07, 6.45) is -0.302. The number of nitrogens with zero attached hydrogens (tertiary/aromatic N) is 2. The molecule has 0 bridgehead atoms. The van der Waals surface area contributed by atoms with Crippen molar-refractivity contribution >= 4 is 34.0 Å². The monoisotopic (exact) mass is 498 g/mol. The van der Waals surface area contributed by atoms with Gasteiger partial charge in [-0.15, -0.1) is 0 Å². The lowest BCUT2D eigenvalue weighted by Crippen LogP contribution is -2.19. The molecule has 1 heterocycles. The Morgan fingerprint density at radius 2 is 1.94 bits per heavy atom. The number of allylic oxidation sites excluding steroid dienone is 2. The maximum atomic E-state index is 13.2. The molecule has 1 aliphatic carbocycles. The number of hydrogen-bond donors (Lipinski definition) is 2. The minimum Gasteiger partial charge on any atom is -0.466 e. The number of aryl methyl sites for hydroxylation is 2. The summed E-state index contributed by atoms with van der Waals surface area (Å²) in [5, 5.41) is 3.95. The van der Waals surface area contributed by atoms with Crippen molar-refractivity contribution < 1.29 is 22.7 Å². The smallest absolute Gasteiger partial charge is 0.416 e. The van der Waals surface area contributed by atoms with E-state index in [2.05, 4.69) is 21.4 Å². The summed E-state index contributed by atoms with van der Waals surface area (Å²) >= 11 is 0. The topological polar surface area (TPSA) is 90.1 Å². The maximum absolute atomic E-state index is 13.2. The molecule has 0 radical (unpaired) electrons. The number of hydrogen-bond acceptors (Lipinski definition) is 6. The third kappa shape index (κ3) is 5.61. The van der Waals surface area contributed by atoms with E-state index in [1.807, 2.05) is 19.1 Å². The largest absolute Gasteiger partial charge is 0.466 e. The number of carbonyl (C=O) groups is 1. The predicted molar refractivity (Wildman–Crippen MR) is 134 cm³/mol. The van der Waals surface area contributed by atoms with Crippen molar-refractivity contribution in [1.82, 2.24) is 9.97 Å². The Bertz CT molecular complexity index is 1330. The van der Waals surface area contributed by atoms with E-state index in [1.54, 1.807) is 13.8 Å². The summed E-state index contributed by atoms with van der Waals surface area (Å²) in [4.78, 5) is 21.2. The number of alkyl halides is 3. The van der Waals surface area contributed by atoms with Gasteiger partial charge in [0, 0.05) is 17.6 Å². The van der Waals surface area contributed by atoms with Gasteiger partial charge in [-0.25, -0.2) is 9.97 Å². The van der Waals surface area contributed by atoms with Crippen LogP contribution in [0.4, 0.5) is 24.7 Å². The van der Waals surface area contributed by atoms with E-state index in [4.69, 9.17) is 10.5 Å². The van der Waals surface area contributed by atoms with Crippen LogP contribution in [0, 0.1) is 19.8 Å². The number of esters is 1. The molecule has 1 atom stereocenters. The molecule has 3 aromatic rings. The molecule has 1 aromatic heterocycles. The van der Waals surface area contributed by atoms with E-state index in [0.717, 1.165) is 46.2 Å². The van der Waals surface area contributed by atoms with Crippen LogP contribution in [0.3, 0.4) is 0 Å². The van der Waals surface area contributed by atoms with E-state index in [1.165, 1.54) is 6.07 Å². The summed E-state index contributed by atoms with van der Waals surface area (Å²) in [6.45, 7) is 6.08. The molecule has 190 valence electrons. The molecule has 0 fully saturated rings. The molecule has 0 amide bonds. The summed E-state index contributed by atoms with van der Waals surface area (Å²) in [7, 11) is 0. The van der Waals surface area contributed by atoms with Crippen LogP contribution in [-0.2, 0) is 22.3 Å². The third-order valence-corrected chi connectivity index (χ3v) is 6.33. The second kappa shape index (κ2) is 10.2. The first-order valence-corrected chi connectivity index (χ1v) is 11.9. The van der Waals surface area contributed by atoms with Crippen molar-refractivity contribution in [2.75, 3.05) is 17.7 Å². The summed E-state index contributed by atoms with van der Waals surface area (Å²) in [5.41, 5.74) is 9.37. The zero-order valence-electron chi connectivity index (χ0n) is 20.5. The zero-order chi connectivity index (χ0) is 26.0. The number of nitrogen functional groups attached to an aromatic ring is 1. The summed E-state index contributed by atoms with van der Waals surface area (Å²) < 4.78 is 44.8. The number of aromatic nitrogens is 2. The fourth-order valence-electron chi connectivity index (χ4n) is 4.60. The van der Waals surface area contributed by atoms with Crippen molar-refractivity contribution in [3.05, 3.63) is 64.5 Å². The number of rotatable bonds is 6.